The lowest BCUT2D eigenvalue weighted by molar-refractivity contribution is -0.150. The first-order chi connectivity index (χ1) is 12.6. The number of hydrogen-bond acceptors (Lipinski definition) is 4. The molecule has 1 atom stereocenters. The van der Waals surface area contributed by atoms with Crippen LogP contribution < -0.4 is 0 Å². The number of rotatable bonds is 4. The molecular weight excluding hydrogens is 370 g/mol. The van der Waals surface area contributed by atoms with Crippen LogP contribution in [0.4, 0.5) is 0 Å². The molecule has 1 N–H and O–H groups in total. The number of aryl methyl sites for hydroxylation is 1. The number of hydrogen-bond donors (Lipinski definition) is 1. The SMILES string of the molecule is Cn1cc(S(=O)(=O)N2CCCCC2)cc1C(=O)N1CCCC(C)(C(=O)O)C1. The van der Waals surface area contributed by atoms with Gasteiger partial charge in [0.05, 0.1) is 5.41 Å². The van der Waals surface area contributed by atoms with Crippen LogP contribution in [0.1, 0.15) is 49.5 Å². The molecule has 3 rings (SSSR count). The van der Waals surface area contributed by atoms with Crippen molar-refractivity contribution in [3.63, 3.8) is 0 Å². The van der Waals surface area contributed by atoms with Crippen molar-refractivity contribution in [2.24, 2.45) is 12.5 Å². The van der Waals surface area contributed by atoms with Crippen LogP contribution in [-0.4, -0.2) is 65.4 Å². The number of carbonyl (C=O) groups excluding carboxylic acids is 1. The topological polar surface area (TPSA) is 99.9 Å². The van der Waals surface area contributed by atoms with Gasteiger partial charge in [0.25, 0.3) is 5.91 Å². The minimum Gasteiger partial charge on any atom is -0.481 e. The van der Waals surface area contributed by atoms with Crippen LogP contribution >= 0.6 is 0 Å². The summed E-state index contributed by atoms with van der Waals surface area (Å²) in [6, 6.07) is 1.42. The second kappa shape index (κ2) is 7.27. The lowest BCUT2D eigenvalue weighted by atomic mass is 9.82. The number of aliphatic carboxylic acids is 1. The van der Waals surface area contributed by atoms with Crippen molar-refractivity contribution in [2.75, 3.05) is 26.2 Å². The Labute approximate surface area is 159 Å². The van der Waals surface area contributed by atoms with Crippen molar-refractivity contribution in [3.05, 3.63) is 18.0 Å². The quantitative estimate of drug-likeness (QED) is 0.830. The molecule has 1 amide bonds. The Hall–Kier alpha value is -1.87. The van der Waals surface area contributed by atoms with Gasteiger partial charge in [-0.05, 0) is 38.7 Å². The molecule has 0 aliphatic carbocycles. The van der Waals surface area contributed by atoms with Gasteiger partial charge in [0.15, 0.2) is 0 Å². The molecule has 150 valence electrons. The number of sulfonamides is 1. The number of amides is 1. The van der Waals surface area contributed by atoms with Crippen LogP contribution in [0.15, 0.2) is 17.2 Å². The number of carboxylic acids is 1. The summed E-state index contributed by atoms with van der Waals surface area (Å²) in [6.45, 7) is 3.25. The van der Waals surface area contributed by atoms with Gasteiger partial charge in [-0.1, -0.05) is 6.42 Å². The van der Waals surface area contributed by atoms with Gasteiger partial charge in [0.2, 0.25) is 10.0 Å². The van der Waals surface area contributed by atoms with E-state index in [1.807, 2.05) is 0 Å². The lowest BCUT2D eigenvalue weighted by Crippen LogP contribution is -2.48. The van der Waals surface area contributed by atoms with Gasteiger partial charge < -0.3 is 14.6 Å². The second-order valence-corrected chi connectivity index (χ2v) is 9.77. The van der Waals surface area contributed by atoms with Crippen molar-refractivity contribution >= 4 is 21.9 Å². The highest BCUT2D eigenvalue weighted by Gasteiger charge is 2.40. The predicted octanol–water partition coefficient (Wildman–Crippen LogP) is 1.53. The van der Waals surface area contributed by atoms with Crippen molar-refractivity contribution in [3.8, 4) is 0 Å². The van der Waals surface area contributed by atoms with Crippen LogP contribution in [-0.2, 0) is 21.9 Å². The first kappa shape index (κ1) is 19.9. The largest absolute Gasteiger partial charge is 0.481 e. The van der Waals surface area contributed by atoms with Crippen molar-refractivity contribution in [1.29, 1.82) is 0 Å². The Morgan fingerprint density at radius 1 is 1.11 bits per heavy atom. The maximum Gasteiger partial charge on any atom is 0.311 e. The monoisotopic (exact) mass is 397 g/mol. The predicted molar refractivity (Wildman–Crippen MR) is 98.9 cm³/mol. The summed E-state index contributed by atoms with van der Waals surface area (Å²) < 4.78 is 28.7. The fraction of sp³-hybridized carbons (Fsp3) is 0.667. The second-order valence-electron chi connectivity index (χ2n) is 7.83. The van der Waals surface area contributed by atoms with E-state index in [4.69, 9.17) is 0 Å². The first-order valence-electron chi connectivity index (χ1n) is 9.34. The molecule has 2 saturated heterocycles. The number of aromatic nitrogens is 1. The Kier molecular flexibility index (Phi) is 5.36. The first-order valence-corrected chi connectivity index (χ1v) is 10.8. The zero-order valence-electron chi connectivity index (χ0n) is 15.8. The van der Waals surface area contributed by atoms with Gasteiger partial charge in [-0.25, -0.2) is 8.42 Å². The molecule has 2 aliphatic rings. The molecule has 1 aromatic heterocycles. The number of nitrogens with zero attached hydrogens (tertiary/aromatic N) is 3. The Bertz CT molecular complexity index is 841. The molecule has 0 saturated carbocycles. The third-order valence-corrected chi connectivity index (χ3v) is 7.52. The number of likely N-dealkylation sites (tertiary alicyclic amines) is 1. The molecule has 3 heterocycles. The smallest absolute Gasteiger partial charge is 0.311 e. The lowest BCUT2D eigenvalue weighted by Gasteiger charge is -2.37. The average molecular weight is 397 g/mol. The number of carboxylic acid groups (broad SMARTS) is 1. The molecule has 0 radical (unpaired) electrons. The normalized spacial score (nSPS) is 24.7. The fourth-order valence-electron chi connectivity index (χ4n) is 3.89. The summed E-state index contributed by atoms with van der Waals surface area (Å²) in [5, 5.41) is 9.45. The van der Waals surface area contributed by atoms with Gasteiger partial charge in [0, 0.05) is 39.4 Å². The molecule has 1 aromatic rings. The molecule has 1 unspecified atom stereocenters. The molecule has 9 heteroatoms. The summed E-state index contributed by atoms with van der Waals surface area (Å²) in [5.41, 5.74) is -0.706. The zero-order chi connectivity index (χ0) is 19.8. The van der Waals surface area contributed by atoms with E-state index in [-0.39, 0.29) is 23.0 Å². The van der Waals surface area contributed by atoms with Crippen molar-refractivity contribution < 1.29 is 23.1 Å². The van der Waals surface area contributed by atoms with Gasteiger partial charge in [-0.3, -0.25) is 9.59 Å². The summed E-state index contributed by atoms with van der Waals surface area (Å²) in [4.78, 5) is 26.1. The maximum absolute atomic E-state index is 13.0. The number of carbonyl (C=O) groups is 2. The highest BCUT2D eigenvalue weighted by molar-refractivity contribution is 7.89. The van der Waals surface area contributed by atoms with E-state index in [0.29, 0.717) is 32.5 Å². The van der Waals surface area contributed by atoms with E-state index >= 15 is 0 Å². The Balaban J connectivity index is 1.83. The summed E-state index contributed by atoms with van der Waals surface area (Å²) >= 11 is 0. The van der Waals surface area contributed by atoms with Crippen LogP contribution in [0, 0.1) is 5.41 Å². The number of piperidine rings is 2. The van der Waals surface area contributed by atoms with Crippen molar-refractivity contribution in [2.45, 2.75) is 43.9 Å². The van der Waals surface area contributed by atoms with E-state index in [2.05, 4.69) is 0 Å². The minimum absolute atomic E-state index is 0.119. The zero-order valence-corrected chi connectivity index (χ0v) is 16.7. The Morgan fingerprint density at radius 2 is 1.78 bits per heavy atom. The molecule has 0 aromatic carbocycles. The minimum atomic E-state index is -3.62. The molecule has 2 aliphatic heterocycles. The van der Waals surface area contributed by atoms with Crippen LogP contribution in [0.3, 0.4) is 0 Å². The van der Waals surface area contributed by atoms with Gasteiger partial charge in [0.1, 0.15) is 10.6 Å². The Morgan fingerprint density at radius 3 is 2.41 bits per heavy atom. The van der Waals surface area contributed by atoms with Crippen molar-refractivity contribution in [1.82, 2.24) is 13.8 Å². The standard InChI is InChI=1S/C18H27N3O5S/c1-18(17(23)24)7-6-8-20(13-18)16(22)15-11-14(12-19(15)2)27(25,26)21-9-4-3-5-10-21/h11-12H,3-10,13H2,1-2H3,(H,23,24). The molecule has 8 nitrogen and oxygen atoms in total. The molecule has 0 spiro atoms. The summed E-state index contributed by atoms with van der Waals surface area (Å²) in [6.07, 6.45) is 5.32. The molecule has 2 fully saturated rings. The summed E-state index contributed by atoms with van der Waals surface area (Å²) in [7, 11) is -1.97. The van der Waals surface area contributed by atoms with E-state index in [1.165, 1.54) is 26.0 Å². The molecule has 27 heavy (non-hydrogen) atoms. The third kappa shape index (κ3) is 3.75. The van der Waals surface area contributed by atoms with E-state index < -0.39 is 21.4 Å². The highest BCUT2D eigenvalue weighted by Crippen LogP contribution is 2.31. The van der Waals surface area contributed by atoms with E-state index in [9.17, 15) is 23.1 Å². The maximum atomic E-state index is 13.0. The molecule has 0 bridgehead atoms. The van der Waals surface area contributed by atoms with Crippen LogP contribution in [0.25, 0.3) is 0 Å². The van der Waals surface area contributed by atoms with E-state index in [1.54, 1.807) is 14.0 Å². The van der Waals surface area contributed by atoms with Gasteiger partial charge in [-0.2, -0.15) is 4.31 Å². The van der Waals surface area contributed by atoms with E-state index in [0.717, 1.165) is 19.3 Å². The molecular formula is C18H27N3O5S. The van der Waals surface area contributed by atoms with Crippen LogP contribution in [0.5, 0.6) is 0 Å². The van der Waals surface area contributed by atoms with Crippen LogP contribution in [0.2, 0.25) is 0 Å². The third-order valence-electron chi connectivity index (χ3n) is 5.65. The average Bonchev–Trinajstić information content (AvgIpc) is 3.04. The fourth-order valence-corrected chi connectivity index (χ4v) is 5.48. The highest BCUT2D eigenvalue weighted by atomic mass is 32.2. The summed E-state index contributed by atoms with van der Waals surface area (Å²) in [5.74, 6) is -1.25. The van der Waals surface area contributed by atoms with Gasteiger partial charge >= 0.3 is 5.97 Å². The van der Waals surface area contributed by atoms with Gasteiger partial charge in [-0.15, -0.1) is 0 Å².